The molecule has 1 saturated carbocycles. The summed E-state index contributed by atoms with van der Waals surface area (Å²) >= 11 is 0. The highest BCUT2D eigenvalue weighted by atomic mass is 32.2. The van der Waals surface area contributed by atoms with E-state index < -0.39 is 27.4 Å². The smallest absolute Gasteiger partial charge is 0.251 e. The van der Waals surface area contributed by atoms with Crippen molar-refractivity contribution in [3.05, 3.63) is 29.8 Å². The average molecular weight is 352 g/mol. The highest BCUT2D eigenvalue weighted by Crippen LogP contribution is 2.29. The normalized spacial score (nSPS) is 21.9. The summed E-state index contributed by atoms with van der Waals surface area (Å²) in [6.45, 7) is 0.164. The van der Waals surface area contributed by atoms with Crippen LogP contribution in [0, 0.1) is 0 Å². The lowest BCUT2D eigenvalue weighted by molar-refractivity contribution is -0.116. The summed E-state index contributed by atoms with van der Waals surface area (Å²) in [5.74, 6) is -1.11. The largest absolute Gasteiger partial charge is 0.388 e. The van der Waals surface area contributed by atoms with Crippen LogP contribution in [0.3, 0.4) is 0 Å². The van der Waals surface area contributed by atoms with Gasteiger partial charge in [-0.15, -0.1) is 0 Å². The second-order valence-corrected chi connectivity index (χ2v) is 8.33. The Kier molecular flexibility index (Phi) is 4.35. The molecule has 1 heterocycles. The summed E-state index contributed by atoms with van der Waals surface area (Å²) in [5.41, 5.74) is -0.435. The van der Waals surface area contributed by atoms with Gasteiger partial charge in [0.05, 0.1) is 17.0 Å². The number of hydrogen-bond acceptors (Lipinski definition) is 5. The predicted octanol–water partition coefficient (Wildman–Crippen LogP) is 0.788. The molecule has 1 aliphatic carbocycles. The molecule has 2 fully saturated rings. The molecule has 0 bridgehead atoms. The van der Waals surface area contributed by atoms with Crippen LogP contribution in [-0.4, -0.2) is 43.2 Å². The lowest BCUT2D eigenvalue weighted by Gasteiger charge is -2.22. The molecule has 0 spiro atoms. The third-order valence-electron chi connectivity index (χ3n) is 4.53. The van der Waals surface area contributed by atoms with Crippen LogP contribution in [0.5, 0.6) is 0 Å². The molecule has 2 aliphatic rings. The summed E-state index contributed by atoms with van der Waals surface area (Å²) in [5, 5.41) is 13.0. The van der Waals surface area contributed by atoms with Crippen LogP contribution < -0.4 is 9.62 Å². The Morgan fingerprint density at radius 3 is 2.62 bits per heavy atom. The number of rotatable bonds is 4. The zero-order valence-corrected chi connectivity index (χ0v) is 14.0. The minimum atomic E-state index is -3.65. The van der Waals surface area contributed by atoms with Crippen LogP contribution in [0.2, 0.25) is 0 Å². The van der Waals surface area contributed by atoms with Gasteiger partial charge in [-0.3, -0.25) is 9.59 Å². The zero-order valence-electron chi connectivity index (χ0n) is 13.2. The van der Waals surface area contributed by atoms with Crippen LogP contribution in [0.15, 0.2) is 24.3 Å². The molecule has 2 N–H and O–H groups in total. The van der Waals surface area contributed by atoms with E-state index in [1.54, 1.807) is 6.07 Å². The van der Waals surface area contributed by atoms with Crippen molar-refractivity contribution in [1.29, 1.82) is 0 Å². The molecule has 1 aromatic carbocycles. The molecular weight excluding hydrogens is 332 g/mol. The van der Waals surface area contributed by atoms with E-state index in [1.807, 2.05) is 0 Å². The Balaban J connectivity index is 1.75. The fourth-order valence-electron chi connectivity index (χ4n) is 3.20. The highest BCUT2D eigenvalue weighted by Gasteiger charge is 2.36. The first-order valence-corrected chi connectivity index (χ1v) is 9.58. The first-order valence-electron chi connectivity index (χ1n) is 7.97. The predicted molar refractivity (Wildman–Crippen MR) is 88.1 cm³/mol. The van der Waals surface area contributed by atoms with Crippen molar-refractivity contribution in [3.63, 3.8) is 0 Å². The number of hydrogen-bond donors (Lipinski definition) is 2. The molecule has 0 unspecified atom stereocenters. The molecule has 130 valence electrons. The van der Waals surface area contributed by atoms with E-state index in [-0.39, 0.29) is 30.0 Å². The van der Waals surface area contributed by atoms with E-state index in [1.165, 1.54) is 18.2 Å². The number of anilines is 1. The van der Waals surface area contributed by atoms with E-state index in [0.717, 1.165) is 17.1 Å². The molecule has 1 aliphatic heterocycles. The van der Waals surface area contributed by atoms with Crippen LogP contribution in [0.1, 0.15) is 42.5 Å². The maximum absolute atomic E-state index is 12.3. The molecule has 0 radical (unpaired) electrons. The highest BCUT2D eigenvalue weighted by molar-refractivity contribution is 7.94. The van der Waals surface area contributed by atoms with Gasteiger partial charge in [-0.2, -0.15) is 0 Å². The zero-order chi connectivity index (χ0) is 17.4. The van der Waals surface area contributed by atoms with Crippen LogP contribution >= 0.6 is 0 Å². The minimum Gasteiger partial charge on any atom is -0.388 e. The van der Waals surface area contributed by atoms with Crippen molar-refractivity contribution in [1.82, 2.24) is 5.32 Å². The molecule has 24 heavy (non-hydrogen) atoms. The van der Waals surface area contributed by atoms with Crippen molar-refractivity contribution < 1.29 is 23.1 Å². The van der Waals surface area contributed by atoms with Crippen molar-refractivity contribution in [2.24, 2.45) is 0 Å². The Morgan fingerprint density at radius 1 is 1.29 bits per heavy atom. The van der Waals surface area contributed by atoms with Crippen LogP contribution in [0.25, 0.3) is 0 Å². The number of carbonyl (C=O) groups is 2. The Morgan fingerprint density at radius 2 is 2.00 bits per heavy atom. The summed E-state index contributed by atoms with van der Waals surface area (Å²) in [7, 11) is -3.65. The van der Waals surface area contributed by atoms with E-state index in [0.29, 0.717) is 12.8 Å². The van der Waals surface area contributed by atoms with Crippen molar-refractivity contribution >= 4 is 27.5 Å². The van der Waals surface area contributed by atoms with E-state index in [2.05, 4.69) is 5.32 Å². The summed E-state index contributed by atoms with van der Waals surface area (Å²) < 4.78 is 24.7. The minimum absolute atomic E-state index is 0.0498. The second-order valence-electron chi connectivity index (χ2n) is 6.39. The van der Waals surface area contributed by atoms with E-state index in [4.69, 9.17) is 0 Å². The first-order chi connectivity index (χ1) is 11.3. The van der Waals surface area contributed by atoms with Crippen molar-refractivity contribution in [3.8, 4) is 0 Å². The Hall–Kier alpha value is -1.93. The van der Waals surface area contributed by atoms with E-state index >= 15 is 0 Å². The lowest BCUT2D eigenvalue weighted by atomic mass is 10.0. The third-order valence-corrected chi connectivity index (χ3v) is 6.22. The van der Waals surface area contributed by atoms with Crippen molar-refractivity contribution in [2.75, 3.05) is 16.6 Å². The molecule has 8 heteroatoms. The maximum Gasteiger partial charge on any atom is 0.251 e. The van der Waals surface area contributed by atoms with Gasteiger partial charge in [0.2, 0.25) is 15.9 Å². The van der Waals surface area contributed by atoms with Gasteiger partial charge in [0.1, 0.15) is 0 Å². The molecule has 2 amide bonds. The number of nitrogens with one attached hydrogen (secondary N) is 1. The van der Waals surface area contributed by atoms with Gasteiger partial charge in [-0.25, -0.2) is 12.7 Å². The number of aliphatic hydroxyl groups is 1. The third kappa shape index (κ3) is 3.29. The Bertz CT molecular complexity index is 768. The van der Waals surface area contributed by atoms with Gasteiger partial charge >= 0.3 is 0 Å². The monoisotopic (exact) mass is 352 g/mol. The quantitative estimate of drug-likeness (QED) is 0.834. The number of sulfonamides is 1. The fraction of sp³-hybridized carbons (Fsp3) is 0.500. The topological polar surface area (TPSA) is 104 Å². The molecule has 7 nitrogen and oxygen atoms in total. The molecule has 1 saturated heterocycles. The fourth-order valence-corrected chi connectivity index (χ4v) is 4.65. The summed E-state index contributed by atoms with van der Waals surface area (Å²) in [4.78, 5) is 24.1. The van der Waals surface area contributed by atoms with Crippen LogP contribution in [0.4, 0.5) is 5.69 Å². The van der Waals surface area contributed by atoms with E-state index in [9.17, 15) is 23.1 Å². The standard InChI is InChI=1S/C16H20N2O5S/c19-14-6-9-24(22,23)18(14)13-5-3-4-12(10-13)15(20)17-11-16(21)7-1-2-8-16/h3-5,10,21H,1-2,6-9,11H2,(H,17,20). The molecule has 1 aromatic rings. The maximum atomic E-state index is 12.3. The molecule has 0 aromatic heterocycles. The molecule has 3 rings (SSSR count). The SMILES string of the molecule is O=C(NCC1(O)CCCC1)c1cccc(N2C(=O)CCS2(=O)=O)c1. The number of carbonyl (C=O) groups excluding carboxylic acids is 2. The lowest BCUT2D eigenvalue weighted by Crippen LogP contribution is -2.40. The van der Waals surface area contributed by atoms with Gasteiger partial charge in [-0.05, 0) is 31.0 Å². The van der Waals surface area contributed by atoms with Gasteiger partial charge in [-0.1, -0.05) is 18.9 Å². The second kappa shape index (κ2) is 6.18. The number of benzene rings is 1. The average Bonchev–Trinajstić information content (AvgIpc) is 3.09. The number of nitrogens with zero attached hydrogens (tertiary/aromatic N) is 1. The van der Waals surface area contributed by atoms with Crippen LogP contribution in [-0.2, 0) is 14.8 Å². The number of amides is 2. The Labute approximate surface area is 140 Å². The van der Waals surface area contributed by atoms with Crippen molar-refractivity contribution in [2.45, 2.75) is 37.7 Å². The molecular formula is C16H20N2O5S. The van der Waals surface area contributed by atoms with Gasteiger partial charge < -0.3 is 10.4 Å². The van der Waals surface area contributed by atoms with Gasteiger partial charge in [0.25, 0.3) is 5.91 Å². The van der Waals surface area contributed by atoms with Gasteiger partial charge in [0.15, 0.2) is 0 Å². The summed E-state index contributed by atoms with van der Waals surface area (Å²) in [6.07, 6.45) is 3.15. The molecule has 0 atom stereocenters. The first kappa shape index (κ1) is 16.9. The van der Waals surface area contributed by atoms with Gasteiger partial charge in [0, 0.05) is 18.5 Å². The summed E-state index contributed by atoms with van der Waals surface area (Å²) in [6, 6.07) is 5.96.